The number of nitrogens with zero attached hydrogens (tertiary/aromatic N) is 2. The van der Waals surface area contributed by atoms with Crippen LogP contribution < -0.4 is 11.0 Å². The minimum atomic E-state index is -4.62. The molecule has 0 bridgehead atoms. The number of pyridine rings is 1. The normalized spacial score (nSPS) is 11.7. The summed E-state index contributed by atoms with van der Waals surface area (Å²) in [6.07, 6.45) is -2.80. The van der Waals surface area contributed by atoms with Gasteiger partial charge in [0.25, 0.3) is 11.5 Å². The first-order chi connectivity index (χ1) is 11.7. The van der Waals surface area contributed by atoms with Crippen LogP contribution in [0, 0.1) is 0 Å². The SMILES string of the molecule is O=C(Cn1cc(C(F)(F)F)ccc1=O)NN=Cc1ccc(Cl)cc1Cl. The van der Waals surface area contributed by atoms with Crippen molar-refractivity contribution in [3.8, 4) is 0 Å². The summed E-state index contributed by atoms with van der Waals surface area (Å²) in [5.74, 6) is -0.775. The van der Waals surface area contributed by atoms with Crippen LogP contribution in [0.4, 0.5) is 13.2 Å². The van der Waals surface area contributed by atoms with Crippen molar-refractivity contribution >= 4 is 35.3 Å². The second kappa shape index (κ2) is 7.71. The molecule has 0 saturated carbocycles. The van der Waals surface area contributed by atoms with Crippen LogP contribution in [-0.2, 0) is 17.5 Å². The maximum Gasteiger partial charge on any atom is 0.417 e. The zero-order chi connectivity index (χ0) is 18.6. The van der Waals surface area contributed by atoms with Crippen LogP contribution in [0.25, 0.3) is 0 Å². The Kier molecular flexibility index (Phi) is 5.86. The second-order valence-corrected chi connectivity index (χ2v) is 5.68. The molecule has 25 heavy (non-hydrogen) atoms. The number of halogens is 5. The van der Waals surface area contributed by atoms with Gasteiger partial charge in [-0.1, -0.05) is 29.3 Å². The molecular weight excluding hydrogens is 382 g/mol. The Morgan fingerprint density at radius 1 is 1.24 bits per heavy atom. The van der Waals surface area contributed by atoms with Crippen molar-refractivity contribution in [2.24, 2.45) is 5.10 Å². The second-order valence-electron chi connectivity index (χ2n) is 4.84. The smallest absolute Gasteiger partial charge is 0.305 e. The van der Waals surface area contributed by atoms with Crippen LogP contribution in [0.5, 0.6) is 0 Å². The number of carbonyl (C=O) groups is 1. The Balaban J connectivity index is 2.05. The number of amides is 1. The highest BCUT2D eigenvalue weighted by atomic mass is 35.5. The maximum absolute atomic E-state index is 12.6. The molecule has 132 valence electrons. The van der Waals surface area contributed by atoms with Gasteiger partial charge in [0.15, 0.2) is 0 Å². The highest BCUT2D eigenvalue weighted by Gasteiger charge is 2.31. The first kappa shape index (κ1) is 19.0. The molecule has 1 N–H and O–H groups in total. The third-order valence-corrected chi connectivity index (χ3v) is 3.54. The number of aromatic nitrogens is 1. The summed E-state index contributed by atoms with van der Waals surface area (Å²) in [7, 11) is 0. The van der Waals surface area contributed by atoms with Gasteiger partial charge in [0.2, 0.25) is 0 Å². The summed E-state index contributed by atoms with van der Waals surface area (Å²) in [4.78, 5) is 23.3. The standard InChI is InChI=1S/C15H10Cl2F3N3O2/c16-11-3-1-9(12(17)5-11)6-21-22-13(24)8-23-7-10(15(18,19)20)2-4-14(23)25/h1-7H,8H2,(H,22,24). The lowest BCUT2D eigenvalue weighted by molar-refractivity contribution is -0.138. The molecule has 0 saturated heterocycles. The molecule has 1 aromatic heterocycles. The lowest BCUT2D eigenvalue weighted by atomic mass is 10.2. The Hall–Kier alpha value is -2.32. The summed E-state index contributed by atoms with van der Waals surface area (Å²) < 4.78 is 38.5. The van der Waals surface area contributed by atoms with Gasteiger partial charge in [0.1, 0.15) is 6.54 Å². The Bertz CT molecular complexity index is 879. The van der Waals surface area contributed by atoms with E-state index in [2.05, 4.69) is 10.5 Å². The van der Waals surface area contributed by atoms with Crippen LogP contribution in [0.3, 0.4) is 0 Å². The monoisotopic (exact) mass is 391 g/mol. The molecule has 0 aliphatic rings. The number of carbonyl (C=O) groups excluding carboxylic acids is 1. The Morgan fingerprint density at radius 3 is 2.60 bits per heavy atom. The van der Waals surface area contributed by atoms with E-state index in [-0.39, 0.29) is 0 Å². The van der Waals surface area contributed by atoms with Gasteiger partial charge in [0.05, 0.1) is 16.8 Å². The topological polar surface area (TPSA) is 63.5 Å². The van der Waals surface area contributed by atoms with Crippen molar-refractivity contribution in [1.29, 1.82) is 0 Å². The maximum atomic E-state index is 12.6. The fourth-order valence-electron chi connectivity index (χ4n) is 1.79. The molecule has 0 fully saturated rings. The van der Waals surface area contributed by atoms with Gasteiger partial charge in [-0.15, -0.1) is 0 Å². The van der Waals surface area contributed by atoms with Gasteiger partial charge in [-0.05, 0) is 18.2 Å². The fourth-order valence-corrected chi connectivity index (χ4v) is 2.25. The minimum absolute atomic E-state index is 0.305. The summed E-state index contributed by atoms with van der Waals surface area (Å²) in [6, 6.07) is 6.01. The van der Waals surface area contributed by atoms with E-state index in [0.717, 1.165) is 6.07 Å². The number of rotatable bonds is 4. The third kappa shape index (κ3) is 5.33. The summed E-state index contributed by atoms with van der Waals surface area (Å²) >= 11 is 11.7. The van der Waals surface area contributed by atoms with Crippen LogP contribution in [0.2, 0.25) is 10.0 Å². The molecule has 0 unspecified atom stereocenters. The van der Waals surface area contributed by atoms with E-state index in [1.54, 1.807) is 12.1 Å². The van der Waals surface area contributed by atoms with E-state index in [1.165, 1.54) is 12.3 Å². The average molecular weight is 392 g/mol. The lowest BCUT2D eigenvalue weighted by Gasteiger charge is -2.09. The van der Waals surface area contributed by atoms with Crippen molar-refractivity contribution in [2.75, 3.05) is 0 Å². The molecule has 0 atom stereocenters. The summed E-state index contributed by atoms with van der Waals surface area (Å²) in [6.45, 7) is -0.617. The molecule has 0 aliphatic carbocycles. The molecular formula is C15H10Cl2F3N3O2. The largest absolute Gasteiger partial charge is 0.417 e. The van der Waals surface area contributed by atoms with Crippen LogP contribution >= 0.6 is 23.2 Å². The highest BCUT2D eigenvalue weighted by Crippen LogP contribution is 2.27. The molecule has 5 nitrogen and oxygen atoms in total. The number of alkyl halides is 3. The molecule has 1 heterocycles. The van der Waals surface area contributed by atoms with E-state index >= 15 is 0 Å². The van der Waals surface area contributed by atoms with E-state index in [0.29, 0.717) is 32.4 Å². The van der Waals surface area contributed by atoms with Gasteiger partial charge in [0, 0.05) is 22.8 Å². The van der Waals surface area contributed by atoms with Gasteiger partial charge < -0.3 is 4.57 Å². The number of hydrogen-bond acceptors (Lipinski definition) is 3. The van der Waals surface area contributed by atoms with Crippen molar-refractivity contribution < 1.29 is 18.0 Å². The quantitative estimate of drug-likeness (QED) is 0.641. The molecule has 1 aromatic carbocycles. The zero-order valence-corrected chi connectivity index (χ0v) is 13.9. The minimum Gasteiger partial charge on any atom is -0.305 e. The van der Waals surface area contributed by atoms with Crippen LogP contribution in [-0.4, -0.2) is 16.7 Å². The predicted molar refractivity (Wildman–Crippen MR) is 87.9 cm³/mol. The molecule has 0 radical (unpaired) electrons. The van der Waals surface area contributed by atoms with Crippen molar-refractivity contribution in [2.45, 2.75) is 12.7 Å². The molecule has 0 aliphatic heterocycles. The molecule has 2 rings (SSSR count). The van der Waals surface area contributed by atoms with Crippen LogP contribution in [0.1, 0.15) is 11.1 Å². The number of hydrogen-bond donors (Lipinski definition) is 1. The van der Waals surface area contributed by atoms with Crippen molar-refractivity contribution in [3.05, 3.63) is 68.1 Å². The zero-order valence-electron chi connectivity index (χ0n) is 12.3. The molecule has 2 aromatic rings. The molecule has 0 spiro atoms. The third-order valence-electron chi connectivity index (χ3n) is 2.98. The van der Waals surface area contributed by atoms with Gasteiger partial charge in [-0.2, -0.15) is 18.3 Å². The number of hydrazone groups is 1. The number of nitrogens with one attached hydrogen (secondary N) is 1. The molecule has 10 heteroatoms. The number of benzene rings is 1. The molecule has 1 amide bonds. The lowest BCUT2D eigenvalue weighted by Crippen LogP contribution is -2.30. The fraction of sp³-hybridized carbons (Fsp3) is 0.133. The van der Waals surface area contributed by atoms with E-state index in [9.17, 15) is 22.8 Å². The first-order valence-electron chi connectivity index (χ1n) is 6.71. The van der Waals surface area contributed by atoms with Crippen molar-refractivity contribution in [1.82, 2.24) is 9.99 Å². The highest BCUT2D eigenvalue weighted by molar-refractivity contribution is 6.36. The van der Waals surface area contributed by atoms with Crippen LogP contribution in [0.15, 0.2) is 46.4 Å². The van der Waals surface area contributed by atoms with Crippen molar-refractivity contribution in [3.63, 3.8) is 0 Å². The first-order valence-corrected chi connectivity index (χ1v) is 7.47. The van der Waals surface area contributed by atoms with Gasteiger partial charge >= 0.3 is 6.18 Å². The Labute approximate surface area is 149 Å². The van der Waals surface area contributed by atoms with E-state index < -0.39 is 29.8 Å². The summed E-state index contributed by atoms with van der Waals surface area (Å²) in [5, 5.41) is 4.37. The summed E-state index contributed by atoms with van der Waals surface area (Å²) in [5.41, 5.74) is 0.806. The predicted octanol–water partition coefficient (Wildman–Crippen LogP) is 3.32. The van der Waals surface area contributed by atoms with E-state index in [4.69, 9.17) is 23.2 Å². The van der Waals surface area contributed by atoms with Gasteiger partial charge in [-0.3, -0.25) is 9.59 Å². The average Bonchev–Trinajstić information content (AvgIpc) is 2.50. The Morgan fingerprint density at radius 2 is 1.96 bits per heavy atom. The van der Waals surface area contributed by atoms with Gasteiger partial charge in [-0.25, -0.2) is 5.43 Å². The van der Waals surface area contributed by atoms with E-state index in [1.807, 2.05) is 0 Å².